The Morgan fingerprint density at radius 1 is 1.23 bits per heavy atom. The number of carbonyl (C=O) groups is 2. The number of H-pyrrole nitrogens is 1. The molecule has 2 N–H and O–H groups in total. The average molecular weight is 384 g/mol. The van der Waals surface area contributed by atoms with Crippen LogP contribution in [0.4, 0.5) is 5.69 Å². The van der Waals surface area contributed by atoms with Gasteiger partial charge in [-0.25, -0.2) is 9.78 Å². The normalized spacial score (nSPS) is 10.8. The first-order valence-electron chi connectivity index (χ1n) is 7.51. The number of fused-ring (bicyclic) bond motifs is 1. The fourth-order valence-corrected chi connectivity index (χ4v) is 3.95. The minimum Gasteiger partial charge on any atom is -0.464 e. The molecule has 0 fully saturated rings. The van der Waals surface area contributed by atoms with E-state index in [9.17, 15) is 9.59 Å². The van der Waals surface area contributed by atoms with Crippen molar-refractivity contribution in [1.29, 1.82) is 0 Å². The number of anilines is 1. The third kappa shape index (κ3) is 2.98. The van der Waals surface area contributed by atoms with Gasteiger partial charge < -0.3 is 10.1 Å². The molecule has 1 amide bonds. The zero-order chi connectivity index (χ0) is 18.1. The maximum absolute atomic E-state index is 12.5. The van der Waals surface area contributed by atoms with Crippen molar-refractivity contribution in [3.63, 3.8) is 0 Å². The Bertz CT molecular complexity index is 1100. The van der Waals surface area contributed by atoms with Gasteiger partial charge in [-0.3, -0.25) is 9.89 Å². The van der Waals surface area contributed by atoms with Crippen LogP contribution in [-0.4, -0.2) is 34.2 Å². The van der Waals surface area contributed by atoms with Gasteiger partial charge >= 0.3 is 5.97 Å². The van der Waals surface area contributed by atoms with E-state index in [2.05, 4.69) is 20.5 Å². The van der Waals surface area contributed by atoms with Crippen molar-refractivity contribution in [2.24, 2.45) is 0 Å². The Morgan fingerprint density at radius 2 is 2.12 bits per heavy atom. The zero-order valence-corrected chi connectivity index (χ0v) is 15.1. The van der Waals surface area contributed by atoms with Crippen LogP contribution < -0.4 is 5.32 Å². The first kappa shape index (κ1) is 16.4. The highest BCUT2D eigenvalue weighted by Gasteiger charge is 2.16. The summed E-state index contributed by atoms with van der Waals surface area (Å²) in [7, 11) is 1.29. The summed E-state index contributed by atoms with van der Waals surface area (Å²) in [6.07, 6.45) is 0. The van der Waals surface area contributed by atoms with Crippen molar-refractivity contribution < 1.29 is 14.3 Å². The summed E-state index contributed by atoms with van der Waals surface area (Å²) in [6.45, 7) is 0. The molecule has 0 bridgehead atoms. The molecule has 130 valence electrons. The van der Waals surface area contributed by atoms with E-state index < -0.39 is 5.97 Å². The summed E-state index contributed by atoms with van der Waals surface area (Å²) in [4.78, 5) is 28.6. The van der Waals surface area contributed by atoms with Gasteiger partial charge in [0.1, 0.15) is 10.7 Å². The Labute approximate surface area is 155 Å². The number of methoxy groups -OCH3 is 1. The molecule has 0 saturated carbocycles. The highest BCUT2D eigenvalue weighted by Crippen LogP contribution is 2.26. The number of aromatic nitrogens is 3. The number of amides is 1. The van der Waals surface area contributed by atoms with E-state index in [1.165, 1.54) is 18.4 Å². The van der Waals surface area contributed by atoms with E-state index in [0.29, 0.717) is 22.3 Å². The lowest BCUT2D eigenvalue weighted by molar-refractivity contribution is 0.0596. The summed E-state index contributed by atoms with van der Waals surface area (Å²) < 4.78 is 4.71. The highest BCUT2D eigenvalue weighted by atomic mass is 32.1. The molecule has 0 atom stereocenters. The maximum Gasteiger partial charge on any atom is 0.359 e. The fourth-order valence-electron chi connectivity index (χ4n) is 2.44. The number of nitrogens with one attached hydrogen (secondary N) is 2. The van der Waals surface area contributed by atoms with Crippen molar-refractivity contribution in [3.8, 4) is 10.6 Å². The predicted octanol–water partition coefficient (Wildman–Crippen LogP) is 3.79. The molecule has 0 radical (unpaired) electrons. The highest BCUT2D eigenvalue weighted by molar-refractivity contribution is 7.14. The van der Waals surface area contributed by atoms with Crippen LogP contribution in [0.5, 0.6) is 0 Å². The molecule has 0 saturated heterocycles. The second-order valence-corrected chi connectivity index (χ2v) is 6.97. The van der Waals surface area contributed by atoms with Gasteiger partial charge in [0, 0.05) is 27.4 Å². The maximum atomic E-state index is 12.5. The van der Waals surface area contributed by atoms with Crippen LogP contribution in [0.25, 0.3) is 21.5 Å². The number of hydrogen-bond acceptors (Lipinski definition) is 7. The topological polar surface area (TPSA) is 97.0 Å². The van der Waals surface area contributed by atoms with Gasteiger partial charge in [0.15, 0.2) is 5.69 Å². The summed E-state index contributed by atoms with van der Waals surface area (Å²) in [6, 6.07) is 7.11. The molecule has 3 heterocycles. The number of benzene rings is 1. The van der Waals surface area contributed by atoms with Crippen LogP contribution in [0.3, 0.4) is 0 Å². The van der Waals surface area contributed by atoms with E-state index >= 15 is 0 Å². The third-order valence-corrected chi connectivity index (χ3v) is 5.28. The number of esters is 1. The smallest absolute Gasteiger partial charge is 0.359 e. The summed E-state index contributed by atoms with van der Waals surface area (Å²) in [5.41, 5.74) is 2.74. The first-order valence-corrected chi connectivity index (χ1v) is 9.34. The predicted molar refractivity (Wildman–Crippen MR) is 101 cm³/mol. The molecule has 0 aliphatic carbocycles. The van der Waals surface area contributed by atoms with Crippen molar-refractivity contribution in [2.75, 3.05) is 12.4 Å². The van der Waals surface area contributed by atoms with Crippen LogP contribution >= 0.6 is 22.7 Å². The molecular weight excluding hydrogens is 372 g/mol. The number of aromatic amines is 1. The molecule has 4 aromatic rings. The quantitative estimate of drug-likeness (QED) is 0.522. The van der Waals surface area contributed by atoms with Gasteiger partial charge in [0.2, 0.25) is 0 Å². The second-order valence-electron chi connectivity index (χ2n) is 5.33. The third-order valence-electron chi connectivity index (χ3n) is 3.70. The number of nitrogens with zero attached hydrogens (tertiary/aromatic N) is 2. The molecule has 0 spiro atoms. The molecule has 26 heavy (non-hydrogen) atoms. The minimum atomic E-state index is -0.542. The Morgan fingerprint density at radius 3 is 2.88 bits per heavy atom. The molecule has 0 aliphatic heterocycles. The van der Waals surface area contributed by atoms with Gasteiger partial charge in [-0.15, -0.1) is 11.3 Å². The SMILES string of the molecule is COC(=O)c1n[nH]c2ccc(NC(=O)c3csc(-c4ccsc4)n3)cc12. The molecule has 3 aromatic heterocycles. The Balaban J connectivity index is 1.58. The van der Waals surface area contributed by atoms with E-state index in [1.54, 1.807) is 34.9 Å². The van der Waals surface area contributed by atoms with Gasteiger partial charge in [-0.05, 0) is 29.6 Å². The second kappa shape index (κ2) is 6.70. The van der Waals surface area contributed by atoms with E-state index in [1.807, 2.05) is 16.8 Å². The largest absolute Gasteiger partial charge is 0.464 e. The molecule has 0 aliphatic rings. The van der Waals surface area contributed by atoms with Gasteiger partial charge in [-0.2, -0.15) is 16.4 Å². The number of hydrogen-bond donors (Lipinski definition) is 2. The van der Waals surface area contributed by atoms with Crippen molar-refractivity contribution in [3.05, 3.63) is 51.8 Å². The number of thiazole rings is 1. The minimum absolute atomic E-state index is 0.173. The summed E-state index contributed by atoms with van der Waals surface area (Å²) >= 11 is 3.00. The average Bonchev–Trinajstić information content (AvgIpc) is 3.39. The molecule has 4 rings (SSSR count). The number of thiophene rings is 1. The van der Waals surface area contributed by atoms with Crippen molar-refractivity contribution in [1.82, 2.24) is 15.2 Å². The van der Waals surface area contributed by atoms with Crippen molar-refractivity contribution >= 4 is 51.1 Å². The van der Waals surface area contributed by atoms with E-state index in [0.717, 1.165) is 10.6 Å². The van der Waals surface area contributed by atoms with Crippen LogP contribution in [0.15, 0.2) is 40.4 Å². The Hall–Kier alpha value is -3.04. The van der Waals surface area contributed by atoms with Crippen LogP contribution in [0, 0.1) is 0 Å². The standard InChI is InChI=1S/C17H12N4O3S2/c1-24-17(23)14-11-6-10(2-3-12(11)20-21-14)18-15(22)13-8-26-16(19-13)9-4-5-25-7-9/h2-8H,1H3,(H,18,22)(H,20,21). The summed E-state index contributed by atoms with van der Waals surface area (Å²) in [5.74, 6) is -0.857. The van der Waals surface area contributed by atoms with E-state index in [-0.39, 0.29) is 11.6 Å². The molecular formula is C17H12N4O3S2. The number of ether oxygens (including phenoxy) is 1. The lowest BCUT2D eigenvalue weighted by Crippen LogP contribution is -2.12. The molecule has 9 heteroatoms. The van der Waals surface area contributed by atoms with Crippen molar-refractivity contribution in [2.45, 2.75) is 0 Å². The summed E-state index contributed by atoms with van der Waals surface area (Å²) in [5, 5.41) is 16.6. The zero-order valence-electron chi connectivity index (χ0n) is 13.5. The Kier molecular flexibility index (Phi) is 4.23. The van der Waals surface area contributed by atoms with Gasteiger partial charge in [0.05, 0.1) is 12.6 Å². The lowest BCUT2D eigenvalue weighted by atomic mass is 10.2. The fraction of sp³-hybridized carbons (Fsp3) is 0.0588. The molecule has 0 unspecified atom stereocenters. The lowest BCUT2D eigenvalue weighted by Gasteiger charge is -2.03. The van der Waals surface area contributed by atoms with Crippen LogP contribution in [-0.2, 0) is 4.74 Å². The van der Waals surface area contributed by atoms with Crippen LogP contribution in [0.2, 0.25) is 0 Å². The van der Waals surface area contributed by atoms with E-state index in [4.69, 9.17) is 4.74 Å². The van der Waals surface area contributed by atoms with Crippen LogP contribution in [0.1, 0.15) is 21.0 Å². The monoisotopic (exact) mass is 384 g/mol. The molecule has 7 nitrogen and oxygen atoms in total. The van der Waals surface area contributed by atoms with Gasteiger partial charge in [0.25, 0.3) is 5.91 Å². The number of rotatable bonds is 4. The van der Waals surface area contributed by atoms with Gasteiger partial charge in [-0.1, -0.05) is 0 Å². The molecule has 1 aromatic carbocycles. The first-order chi connectivity index (χ1) is 12.7. The number of carbonyl (C=O) groups excluding carboxylic acids is 2.